The molecule has 0 saturated carbocycles. The van der Waals surface area contributed by atoms with Crippen molar-refractivity contribution in [1.29, 1.82) is 0 Å². The molecule has 0 unspecified atom stereocenters. The van der Waals surface area contributed by atoms with Crippen molar-refractivity contribution in [1.82, 2.24) is 4.90 Å². The monoisotopic (exact) mass is 315 g/mol. The van der Waals surface area contributed by atoms with E-state index in [2.05, 4.69) is 13.8 Å². The van der Waals surface area contributed by atoms with Crippen LogP contribution in [0.15, 0.2) is 24.3 Å². The molecule has 1 N–H and O–H groups in total. The van der Waals surface area contributed by atoms with Gasteiger partial charge < -0.3 is 14.7 Å². The fraction of sp³-hybridized carbons (Fsp3) is 0.611. The molecule has 1 aliphatic heterocycles. The van der Waals surface area contributed by atoms with Gasteiger partial charge in [-0.05, 0) is 31.2 Å². The molecule has 1 heterocycles. The number of amides is 1. The third kappa shape index (κ3) is 3.89. The second kappa shape index (κ2) is 7.39. The molecule has 1 amide bonds. The number of rotatable bonds is 6. The van der Waals surface area contributed by atoms with Crippen molar-refractivity contribution < 1.29 is 14.6 Å². The molecular weight excluding hydrogens is 289 g/mol. The lowest BCUT2D eigenvalue weighted by Gasteiger charge is -2.45. The largest absolute Gasteiger partial charge is 0.442 e. The van der Waals surface area contributed by atoms with E-state index in [1.54, 1.807) is 4.90 Å². The highest BCUT2D eigenvalue weighted by Crippen LogP contribution is 2.37. The van der Waals surface area contributed by atoms with E-state index in [0.717, 1.165) is 12.0 Å². The summed E-state index contributed by atoms with van der Waals surface area (Å²) in [6.45, 7) is 6.93. The van der Waals surface area contributed by atoms with Gasteiger partial charge in [0.2, 0.25) is 0 Å². The Morgan fingerprint density at radius 3 is 2.48 bits per heavy atom. The van der Waals surface area contributed by atoms with E-state index in [0.29, 0.717) is 24.8 Å². The van der Waals surface area contributed by atoms with E-state index in [-0.39, 0.29) is 24.7 Å². The number of hydrogen-bond acceptors (Lipinski definition) is 3. The van der Waals surface area contributed by atoms with E-state index in [1.807, 2.05) is 31.2 Å². The molecule has 1 saturated heterocycles. The SMILES string of the molecule is [B]c1ccc([C@H](C)N2CC[C@](CCCO)(C(C)C)OC2=O)cc1. The van der Waals surface area contributed by atoms with Crippen LogP contribution < -0.4 is 5.46 Å². The number of nitrogens with zero attached hydrogens (tertiary/aromatic N) is 1. The minimum absolute atomic E-state index is 0.0499. The third-order valence-corrected chi connectivity index (χ3v) is 5.00. The molecule has 2 atom stereocenters. The van der Waals surface area contributed by atoms with Crippen molar-refractivity contribution >= 4 is 19.4 Å². The topological polar surface area (TPSA) is 49.8 Å². The van der Waals surface area contributed by atoms with Gasteiger partial charge in [-0.15, -0.1) is 0 Å². The first-order chi connectivity index (χ1) is 10.9. The Kier molecular flexibility index (Phi) is 5.74. The minimum Gasteiger partial charge on any atom is -0.442 e. The lowest BCUT2D eigenvalue weighted by molar-refractivity contribution is -0.0894. The van der Waals surface area contributed by atoms with Gasteiger partial charge in [-0.2, -0.15) is 0 Å². The number of carbonyl (C=O) groups is 1. The van der Waals surface area contributed by atoms with Crippen LogP contribution >= 0.6 is 0 Å². The molecule has 0 spiro atoms. The average Bonchev–Trinajstić information content (AvgIpc) is 2.53. The van der Waals surface area contributed by atoms with Crippen molar-refractivity contribution in [3.63, 3.8) is 0 Å². The summed E-state index contributed by atoms with van der Waals surface area (Å²) >= 11 is 0. The van der Waals surface area contributed by atoms with E-state index in [9.17, 15) is 4.79 Å². The molecule has 2 rings (SSSR count). The van der Waals surface area contributed by atoms with Crippen molar-refractivity contribution in [2.75, 3.05) is 13.2 Å². The Morgan fingerprint density at radius 1 is 1.30 bits per heavy atom. The van der Waals surface area contributed by atoms with Crippen LogP contribution in [0.1, 0.15) is 51.6 Å². The standard InChI is InChI=1S/C18H26BNO3/c1-13(2)18(9-4-12-21)10-11-20(17(22)23-18)14(3)15-5-7-16(19)8-6-15/h5-8,13-14,21H,4,9-12H2,1-3H3/t14-,18+/m0/s1. The van der Waals surface area contributed by atoms with Crippen molar-refractivity contribution in [3.8, 4) is 0 Å². The van der Waals surface area contributed by atoms with Crippen molar-refractivity contribution in [2.24, 2.45) is 5.92 Å². The Bertz CT molecular complexity index is 532. The smallest absolute Gasteiger partial charge is 0.410 e. The second-order valence-electron chi connectivity index (χ2n) is 6.70. The summed E-state index contributed by atoms with van der Waals surface area (Å²) in [5, 5.41) is 9.11. The molecule has 0 bridgehead atoms. The summed E-state index contributed by atoms with van der Waals surface area (Å²) in [5.41, 5.74) is 1.30. The zero-order valence-corrected chi connectivity index (χ0v) is 14.3. The van der Waals surface area contributed by atoms with Crippen LogP contribution in [0.25, 0.3) is 0 Å². The molecule has 4 nitrogen and oxygen atoms in total. The molecule has 1 aromatic rings. The maximum atomic E-state index is 12.6. The summed E-state index contributed by atoms with van der Waals surface area (Å²) in [6, 6.07) is 7.54. The summed E-state index contributed by atoms with van der Waals surface area (Å²) in [4.78, 5) is 14.3. The zero-order chi connectivity index (χ0) is 17.0. The molecule has 2 radical (unpaired) electrons. The molecule has 23 heavy (non-hydrogen) atoms. The number of aliphatic hydroxyl groups excluding tert-OH is 1. The number of benzene rings is 1. The van der Waals surface area contributed by atoms with E-state index >= 15 is 0 Å². The molecule has 5 heteroatoms. The van der Waals surface area contributed by atoms with Crippen LogP contribution in [0.5, 0.6) is 0 Å². The quantitative estimate of drug-likeness (QED) is 0.821. The highest BCUT2D eigenvalue weighted by Gasteiger charge is 2.43. The molecular formula is C18H26BNO3. The van der Waals surface area contributed by atoms with E-state index in [4.69, 9.17) is 17.7 Å². The van der Waals surface area contributed by atoms with Gasteiger partial charge in [-0.1, -0.05) is 43.6 Å². The fourth-order valence-corrected chi connectivity index (χ4v) is 3.24. The van der Waals surface area contributed by atoms with Gasteiger partial charge in [-0.3, -0.25) is 0 Å². The van der Waals surface area contributed by atoms with Crippen LogP contribution in [0, 0.1) is 5.92 Å². The van der Waals surface area contributed by atoms with Gasteiger partial charge in [-0.25, -0.2) is 4.79 Å². The fourth-order valence-electron chi connectivity index (χ4n) is 3.24. The van der Waals surface area contributed by atoms with Crippen LogP contribution in [-0.2, 0) is 4.74 Å². The molecule has 124 valence electrons. The number of aliphatic hydroxyl groups is 1. The summed E-state index contributed by atoms with van der Waals surface area (Å²) in [6.07, 6.45) is 1.87. The van der Waals surface area contributed by atoms with Gasteiger partial charge in [0.15, 0.2) is 0 Å². The average molecular weight is 315 g/mol. The summed E-state index contributed by atoms with van der Waals surface area (Å²) < 4.78 is 5.87. The maximum absolute atomic E-state index is 12.6. The lowest BCUT2D eigenvalue weighted by Crippen LogP contribution is -2.52. The highest BCUT2D eigenvalue weighted by atomic mass is 16.6. The normalized spacial score (nSPS) is 23.0. The van der Waals surface area contributed by atoms with Gasteiger partial charge in [0.25, 0.3) is 0 Å². The van der Waals surface area contributed by atoms with Crippen LogP contribution in [0.4, 0.5) is 4.79 Å². The first-order valence-electron chi connectivity index (χ1n) is 8.35. The highest BCUT2D eigenvalue weighted by molar-refractivity contribution is 6.32. The van der Waals surface area contributed by atoms with Crippen LogP contribution in [0.2, 0.25) is 0 Å². The predicted molar refractivity (Wildman–Crippen MR) is 91.9 cm³/mol. The Morgan fingerprint density at radius 2 is 1.96 bits per heavy atom. The van der Waals surface area contributed by atoms with Gasteiger partial charge in [0, 0.05) is 19.6 Å². The predicted octanol–water partition coefficient (Wildman–Crippen LogP) is 2.55. The molecule has 0 aromatic heterocycles. The number of hydrogen-bond donors (Lipinski definition) is 1. The lowest BCUT2D eigenvalue weighted by atomic mass is 9.81. The number of cyclic esters (lactones) is 1. The Balaban J connectivity index is 2.10. The van der Waals surface area contributed by atoms with Crippen LogP contribution in [0.3, 0.4) is 0 Å². The molecule has 1 aliphatic rings. The molecule has 1 aromatic carbocycles. The van der Waals surface area contributed by atoms with Crippen molar-refractivity contribution in [3.05, 3.63) is 29.8 Å². The number of ether oxygens (including phenoxy) is 1. The van der Waals surface area contributed by atoms with Gasteiger partial charge in [0.05, 0.1) is 6.04 Å². The van der Waals surface area contributed by atoms with Gasteiger partial charge in [0.1, 0.15) is 13.4 Å². The zero-order valence-electron chi connectivity index (χ0n) is 14.3. The summed E-state index contributed by atoms with van der Waals surface area (Å²) in [5.74, 6) is 0.229. The third-order valence-electron chi connectivity index (χ3n) is 5.00. The Labute approximate surface area is 140 Å². The molecule has 0 aliphatic carbocycles. The van der Waals surface area contributed by atoms with E-state index in [1.165, 1.54) is 0 Å². The second-order valence-corrected chi connectivity index (χ2v) is 6.70. The molecule has 1 fully saturated rings. The first kappa shape index (κ1) is 17.9. The maximum Gasteiger partial charge on any atom is 0.410 e. The minimum atomic E-state index is -0.461. The van der Waals surface area contributed by atoms with Crippen LogP contribution in [-0.4, -0.2) is 42.7 Å². The number of carbonyl (C=O) groups excluding carboxylic acids is 1. The van der Waals surface area contributed by atoms with E-state index < -0.39 is 5.60 Å². The Hall–Kier alpha value is -1.49. The van der Waals surface area contributed by atoms with Crippen molar-refractivity contribution in [2.45, 2.75) is 51.7 Å². The summed E-state index contributed by atoms with van der Waals surface area (Å²) in [7, 11) is 5.72. The van der Waals surface area contributed by atoms with Gasteiger partial charge >= 0.3 is 6.09 Å². The first-order valence-corrected chi connectivity index (χ1v) is 8.35.